The van der Waals surface area contributed by atoms with Crippen LogP contribution in [0.25, 0.3) is 0 Å². The van der Waals surface area contributed by atoms with Crippen LogP contribution in [0.4, 0.5) is 0 Å². The van der Waals surface area contributed by atoms with Crippen LogP contribution in [-0.2, 0) is 4.79 Å². The topological polar surface area (TPSA) is 49.3 Å². The van der Waals surface area contributed by atoms with Gasteiger partial charge in [-0.25, -0.2) is 0 Å². The quantitative estimate of drug-likeness (QED) is 0.765. The van der Waals surface area contributed by atoms with E-state index < -0.39 is 5.97 Å². The molecule has 0 bridgehead atoms. The molecule has 2 N–H and O–H groups in total. The predicted octanol–water partition coefficient (Wildman–Crippen LogP) is 3.29. The Kier molecular flexibility index (Phi) is 5.64. The fraction of sp³-hybridized carbons (Fsp3) is 0.933. The summed E-state index contributed by atoms with van der Waals surface area (Å²) in [5.41, 5.74) is 0.475. The Morgan fingerprint density at radius 1 is 1.33 bits per heavy atom. The van der Waals surface area contributed by atoms with E-state index in [4.69, 9.17) is 0 Å². The third-order valence-electron chi connectivity index (χ3n) is 4.10. The Bertz CT molecular complexity index is 264. The molecule has 1 fully saturated rings. The van der Waals surface area contributed by atoms with Crippen LogP contribution in [0.15, 0.2) is 0 Å². The summed E-state index contributed by atoms with van der Waals surface area (Å²) in [5, 5.41) is 12.7. The van der Waals surface area contributed by atoms with Gasteiger partial charge in [0.2, 0.25) is 0 Å². The van der Waals surface area contributed by atoms with Gasteiger partial charge in [-0.15, -0.1) is 0 Å². The lowest BCUT2D eigenvalue weighted by molar-refractivity contribution is -0.142. The average Bonchev–Trinajstić information content (AvgIpc) is 2.25. The van der Waals surface area contributed by atoms with Gasteiger partial charge in [0.15, 0.2) is 0 Å². The SMILES string of the molecule is CC(C)CC(CNC1CCC(C)(C)CC1)C(=O)O. The van der Waals surface area contributed by atoms with E-state index >= 15 is 0 Å². The van der Waals surface area contributed by atoms with Gasteiger partial charge in [-0.3, -0.25) is 4.79 Å². The Morgan fingerprint density at radius 3 is 2.33 bits per heavy atom. The highest BCUT2D eigenvalue weighted by atomic mass is 16.4. The first-order valence-corrected chi connectivity index (χ1v) is 7.26. The number of hydrogen-bond donors (Lipinski definition) is 2. The third kappa shape index (κ3) is 5.38. The summed E-state index contributed by atoms with van der Waals surface area (Å²) in [4.78, 5) is 11.2. The predicted molar refractivity (Wildman–Crippen MR) is 74.6 cm³/mol. The van der Waals surface area contributed by atoms with Gasteiger partial charge >= 0.3 is 5.97 Å². The van der Waals surface area contributed by atoms with E-state index in [0.717, 1.165) is 6.42 Å². The number of carbonyl (C=O) groups is 1. The zero-order chi connectivity index (χ0) is 13.8. The Morgan fingerprint density at radius 2 is 1.89 bits per heavy atom. The largest absolute Gasteiger partial charge is 0.481 e. The Labute approximate surface area is 111 Å². The van der Waals surface area contributed by atoms with Gasteiger partial charge < -0.3 is 10.4 Å². The summed E-state index contributed by atoms with van der Waals surface area (Å²) in [7, 11) is 0. The van der Waals surface area contributed by atoms with E-state index in [-0.39, 0.29) is 5.92 Å². The molecule has 1 aliphatic carbocycles. The van der Waals surface area contributed by atoms with E-state index in [2.05, 4.69) is 33.0 Å². The molecule has 0 saturated heterocycles. The highest BCUT2D eigenvalue weighted by Crippen LogP contribution is 2.35. The van der Waals surface area contributed by atoms with Gasteiger partial charge in [0.05, 0.1) is 5.92 Å². The summed E-state index contributed by atoms with van der Waals surface area (Å²) in [6.45, 7) is 9.43. The highest BCUT2D eigenvalue weighted by Gasteiger charge is 2.27. The number of aliphatic carboxylic acids is 1. The van der Waals surface area contributed by atoms with E-state index in [1.54, 1.807) is 0 Å². The first-order chi connectivity index (χ1) is 8.30. The Balaban J connectivity index is 2.32. The van der Waals surface area contributed by atoms with Crippen molar-refractivity contribution in [3.05, 3.63) is 0 Å². The van der Waals surface area contributed by atoms with Crippen molar-refractivity contribution >= 4 is 5.97 Å². The molecule has 1 saturated carbocycles. The molecule has 106 valence electrons. The van der Waals surface area contributed by atoms with Crippen molar-refractivity contribution in [3.63, 3.8) is 0 Å². The number of carboxylic acid groups (broad SMARTS) is 1. The van der Waals surface area contributed by atoms with Crippen molar-refractivity contribution in [1.29, 1.82) is 0 Å². The molecule has 1 rings (SSSR count). The highest BCUT2D eigenvalue weighted by molar-refractivity contribution is 5.70. The molecular formula is C15H29NO2. The molecule has 0 spiro atoms. The summed E-state index contributed by atoms with van der Waals surface area (Å²) in [6, 6.07) is 0.520. The summed E-state index contributed by atoms with van der Waals surface area (Å²) in [5.74, 6) is -0.453. The molecule has 0 heterocycles. The normalized spacial score (nSPS) is 22.1. The number of nitrogens with one attached hydrogen (secondary N) is 1. The van der Waals surface area contributed by atoms with Crippen LogP contribution < -0.4 is 5.32 Å². The van der Waals surface area contributed by atoms with Crippen LogP contribution in [-0.4, -0.2) is 23.7 Å². The molecule has 0 aromatic rings. The molecule has 3 heteroatoms. The van der Waals surface area contributed by atoms with Gasteiger partial charge in [0.1, 0.15) is 0 Å². The van der Waals surface area contributed by atoms with Crippen molar-refractivity contribution < 1.29 is 9.90 Å². The van der Waals surface area contributed by atoms with Gasteiger partial charge in [0, 0.05) is 12.6 Å². The molecule has 0 aromatic heterocycles. The van der Waals surface area contributed by atoms with Crippen molar-refractivity contribution in [2.24, 2.45) is 17.3 Å². The fourth-order valence-electron chi connectivity index (χ4n) is 2.75. The number of hydrogen-bond acceptors (Lipinski definition) is 2. The molecule has 0 amide bonds. The van der Waals surface area contributed by atoms with E-state index in [0.29, 0.717) is 23.9 Å². The molecule has 1 atom stereocenters. The Hall–Kier alpha value is -0.570. The smallest absolute Gasteiger partial charge is 0.307 e. The minimum atomic E-state index is -0.660. The first kappa shape index (κ1) is 15.5. The fourth-order valence-corrected chi connectivity index (χ4v) is 2.75. The lowest BCUT2D eigenvalue weighted by Crippen LogP contribution is -2.40. The van der Waals surface area contributed by atoms with Gasteiger partial charge in [-0.1, -0.05) is 27.7 Å². The second-order valence-electron chi connectivity index (χ2n) is 7.01. The number of rotatable bonds is 6. The second kappa shape index (κ2) is 6.55. The standard InChI is InChI=1S/C15H29NO2/c1-11(2)9-12(14(17)18)10-16-13-5-7-15(3,4)8-6-13/h11-13,16H,5-10H2,1-4H3,(H,17,18). The maximum atomic E-state index is 11.2. The van der Waals surface area contributed by atoms with Gasteiger partial charge in [-0.05, 0) is 43.4 Å². The zero-order valence-electron chi connectivity index (χ0n) is 12.3. The molecule has 1 aliphatic rings. The molecule has 1 unspecified atom stereocenters. The summed E-state index contributed by atoms with van der Waals surface area (Å²) < 4.78 is 0. The average molecular weight is 255 g/mol. The van der Waals surface area contributed by atoms with E-state index in [1.165, 1.54) is 25.7 Å². The first-order valence-electron chi connectivity index (χ1n) is 7.26. The maximum Gasteiger partial charge on any atom is 0.307 e. The maximum absolute atomic E-state index is 11.2. The van der Waals surface area contributed by atoms with Gasteiger partial charge in [0.25, 0.3) is 0 Å². The van der Waals surface area contributed by atoms with Crippen LogP contribution >= 0.6 is 0 Å². The third-order valence-corrected chi connectivity index (χ3v) is 4.10. The molecule has 3 nitrogen and oxygen atoms in total. The molecule has 0 aromatic carbocycles. The van der Waals surface area contributed by atoms with Crippen LogP contribution in [0.3, 0.4) is 0 Å². The summed E-state index contributed by atoms with van der Waals surface area (Å²) in [6.07, 6.45) is 5.61. The monoisotopic (exact) mass is 255 g/mol. The van der Waals surface area contributed by atoms with Crippen molar-refractivity contribution in [1.82, 2.24) is 5.32 Å². The zero-order valence-corrected chi connectivity index (χ0v) is 12.3. The summed E-state index contributed by atoms with van der Waals surface area (Å²) >= 11 is 0. The van der Waals surface area contributed by atoms with E-state index in [9.17, 15) is 9.90 Å². The molecular weight excluding hydrogens is 226 g/mol. The van der Waals surface area contributed by atoms with Crippen LogP contribution in [0.2, 0.25) is 0 Å². The van der Waals surface area contributed by atoms with Crippen molar-refractivity contribution in [2.45, 2.75) is 65.8 Å². The number of carboxylic acids is 1. The minimum Gasteiger partial charge on any atom is -0.481 e. The lowest BCUT2D eigenvalue weighted by Gasteiger charge is -2.35. The van der Waals surface area contributed by atoms with E-state index in [1.807, 2.05) is 0 Å². The second-order valence-corrected chi connectivity index (χ2v) is 7.01. The molecule has 0 radical (unpaired) electrons. The molecule has 0 aliphatic heterocycles. The minimum absolute atomic E-state index is 0.236. The van der Waals surface area contributed by atoms with Crippen LogP contribution in [0, 0.1) is 17.3 Å². The lowest BCUT2D eigenvalue weighted by atomic mass is 9.75. The van der Waals surface area contributed by atoms with Crippen molar-refractivity contribution in [2.75, 3.05) is 6.54 Å². The van der Waals surface area contributed by atoms with Crippen molar-refractivity contribution in [3.8, 4) is 0 Å². The molecule has 18 heavy (non-hydrogen) atoms. The van der Waals surface area contributed by atoms with Crippen LogP contribution in [0.1, 0.15) is 59.8 Å². The van der Waals surface area contributed by atoms with Gasteiger partial charge in [-0.2, -0.15) is 0 Å². The van der Waals surface area contributed by atoms with Crippen LogP contribution in [0.5, 0.6) is 0 Å².